The Balaban J connectivity index is 2.64. The lowest BCUT2D eigenvalue weighted by Crippen LogP contribution is -2.38. The molecule has 0 heterocycles. The first-order chi connectivity index (χ1) is 9.99. The fourth-order valence-electron chi connectivity index (χ4n) is 1.69. The van der Waals surface area contributed by atoms with E-state index >= 15 is 0 Å². The highest BCUT2D eigenvalue weighted by molar-refractivity contribution is 9.10. The van der Waals surface area contributed by atoms with E-state index in [1.165, 1.54) is 19.2 Å². The van der Waals surface area contributed by atoms with Gasteiger partial charge in [0.15, 0.2) is 0 Å². The van der Waals surface area contributed by atoms with E-state index in [4.69, 9.17) is 4.74 Å². The Morgan fingerprint density at radius 1 is 1.52 bits per heavy atom. The fourth-order valence-corrected chi connectivity index (χ4v) is 2.06. The lowest BCUT2D eigenvalue weighted by Gasteiger charge is -2.16. The number of ether oxygens (including phenoxy) is 2. The normalized spacial score (nSPS) is 11.8. The van der Waals surface area contributed by atoms with Gasteiger partial charge in [0.05, 0.1) is 29.2 Å². The van der Waals surface area contributed by atoms with Crippen LogP contribution >= 0.6 is 15.9 Å². The summed E-state index contributed by atoms with van der Waals surface area (Å²) in [5.74, 6) is 0.00266. The molecular formula is C13H17BrN2O5. The molecule has 8 heteroatoms. The van der Waals surface area contributed by atoms with Gasteiger partial charge in [0.1, 0.15) is 11.8 Å². The molecule has 0 saturated carbocycles. The summed E-state index contributed by atoms with van der Waals surface area (Å²) in [5, 5.41) is 13.7. The van der Waals surface area contributed by atoms with E-state index in [2.05, 4.69) is 26.0 Å². The third-order valence-corrected chi connectivity index (χ3v) is 3.38. The fraction of sp³-hybridized carbons (Fsp3) is 0.462. The average Bonchev–Trinajstić information content (AvgIpc) is 2.47. The van der Waals surface area contributed by atoms with E-state index in [0.29, 0.717) is 23.2 Å². The van der Waals surface area contributed by atoms with E-state index in [0.717, 1.165) is 0 Å². The Bertz CT molecular complexity index is 509. The van der Waals surface area contributed by atoms with Gasteiger partial charge in [-0.3, -0.25) is 14.9 Å². The maximum Gasteiger partial charge on any atom is 0.322 e. The van der Waals surface area contributed by atoms with Crippen molar-refractivity contribution in [3.63, 3.8) is 0 Å². The number of halogens is 1. The highest BCUT2D eigenvalue weighted by Crippen LogP contribution is 2.29. The Morgan fingerprint density at radius 3 is 2.81 bits per heavy atom. The molecule has 116 valence electrons. The summed E-state index contributed by atoms with van der Waals surface area (Å²) in [6.45, 7) is 2.74. The number of methoxy groups -OCH3 is 1. The average molecular weight is 361 g/mol. The van der Waals surface area contributed by atoms with E-state index in [1.807, 2.05) is 6.92 Å². The molecular weight excluding hydrogens is 344 g/mol. The summed E-state index contributed by atoms with van der Waals surface area (Å²) in [6.07, 6.45) is 0.398. The van der Waals surface area contributed by atoms with Gasteiger partial charge in [0.2, 0.25) is 0 Å². The lowest BCUT2D eigenvalue weighted by atomic mass is 10.2. The van der Waals surface area contributed by atoms with Gasteiger partial charge in [0.25, 0.3) is 5.69 Å². The Hall–Kier alpha value is -1.67. The van der Waals surface area contributed by atoms with Crippen molar-refractivity contribution >= 4 is 27.6 Å². The third-order valence-electron chi connectivity index (χ3n) is 2.73. The molecule has 0 aliphatic rings. The topological polar surface area (TPSA) is 90.7 Å². The first-order valence-electron chi connectivity index (χ1n) is 6.37. The van der Waals surface area contributed by atoms with Crippen LogP contribution in [0.5, 0.6) is 5.75 Å². The standard InChI is InChI=1S/C13H17BrN2O5/c1-3-15-11(13(17)20-2)6-7-21-12-8-9(16(18)19)4-5-10(12)14/h4-5,8,11,15H,3,6-7H2,1-2H3. The van der Waals surface area contributed by atoms with Crippen LogP contribution in [0.3, 0.4) is 0 Å². The molecule has 0 aliphatic heterocycles. The molecule has 1 aromatic carbocycles. The van der Waals surface area contributed by atoms with E-state index in [-0.39, 0.29) is 18.3 Å². The number of hydrogen-bond acceptors (Lipinski definition) is 6. The highest BCUT2D eigenvalue weighted by Gasteiger charge is 2.18. The first-order valence-corrected chi connectivity index (χ1v) is 7.16. The smallest absolute Gasteiger partial charge is 0.322 e. The van der Waals surface area contributed by atoms with Crippen LogP contribution in [0.4, 0.5) is 5.69 Å². The van der Waals surface area contributed by atoms with Crippen LogP contribution in [0.1, 0.15) is 13.3 Å². The second-order valence-electron chi connectivity index (χ2n) is 4.14. The van der Waals surface area contributed by atoms with E-state index in [9.17, 15) is 14.9 Å². The number of likely N-dealkylation sites (N-methyl/N-ethyl adjacent to an activating group) is 1. The maximum atomic E-state index is 11.5. The molecule has 1 unspecified atom stereocenters. The number of non-ortho nitro benzene ring substituents is 1. The van der Waals surface area contributed by atoms with Crippen LogP contribution in [0, 0.1) is 10.1 Å². The summed E-state index contributed by atoms with van der Waals surface area (Å²) >= 11 is 3.27. The summed E-state index contributed by atoms with van der Waals surface area (Å²) in [6, 6.07) is 3.81. The van der Waals surface area contributed by atoms with Gasteiger partial charge in [0, 0.05) is 12.5 Å². The van der Waals surface area contributed by atoms with Crippen LogP contribution in [-0.4, -0.2) is 37.2 Å². The molecule has 0 fully saturated rings. The molecule has 0 aromatic heterocycles. The van der Waals surface area contributed by atoms with Crippen molar-refractivity contribution in [1.29, 1.82) is 0 Å². The molecule has 1 atom stereocenters. The SMILES string of the molecule is CCNC(CCOc1cc([N+](=O)[O-])ccc1Br)C(=O)OC. The maximum absolute atomic E-state index is 11.5. The van der Waals surface area contributed by atoms with Crippen molar-refractivity contribution < 1.29 is 19.2 Å². The van der Waals surface area contributed by atoms with Gasteiger partial charge >= 0.3 is 5.97 Å². The van der Waals surface area contributed by atoms with Crippen molar-refractivity contribution in [3.8, 4) is 5.75 Å². The number of carbonyl (C=O) groups is 1. The predicted molar refractivity (Wildman–Crippen MR) is 80.4 cm³/mol. The number of nitrogens with one attached hydrogen (secondary N) is 1. The second kappa shape index (κ2) is 8.58. The summed E-state index contributed by atoms with van der Waals surface area (Å²) < 4.78 is 10.8. The first kappa shape index (κ1) is 17.4. The van der Waals surface area contributed by atoms with Gasteiger partial charge in [-0.15, -0.1) is 0 Å². The summed E-state index contributed by atoms with van der Waals surface area (Å²) in [4.78, 5) is 21.7. The Labute approximate surface area is 130 Å². The molecule has 7 nitrogen and oxygen atoms in total. The van der Waals surface area contributed by atoms with E-state index < -0.39 is 11.0 Å². The van der Waals surface area contributed by atoms with Crippen LogP contribution in [-0.2, 0) is 9.53 Å². The van der Waals surface area contributed by atoms with Crippen molar-refractivity contribution in [3.05, 3.63) is 32.8 Å². The zero-order chi connectivity index (χ0) is 15.8. The molecule has 1 aromatic rings. The number of carbonyl (C=O) groups excluding carboxylic acids is 1. The number of esters is 1. The minimum Gasteiger partial charge on any atom is -0.492 e. The van der Waals surface area contributed by atoms with Crippen molar-refractivity contribution in [2.75, 3.05) is 20.3 Å². The Kier molecular flexibility index (Phi) is 7.10. The number of nitro benzene ring substituents is 1. The molecule has 0 aliphatic carbocycles. The zero-order valence-electron chi connectivity index (χ0n) is 11.8. The largest absolute Gasteiger partial charge is 0.492 e. The van der Waals surface area contributed by atoms with Gasteiger partial charge < -0.3 is 14.8 Å². The number of rotatable bonds is 8. The van der Waals surface area contributed by atoms with Gasteiger partial charge in [-0.2, -0.15) is 0 Å². The quantitative estimate of drug-likeness (QED) is 0.434. The van der Waals surface area contributed by atoms with Gasteiger partial charge in [-0.25, -0.2) is 0 Å². The number of hydrogen-bond donors (Lipinski definition) is 1. The van der Waals surface area contributed by atoms with Crippen LogP contribution in [0.15, 0.2) is 22.7 Å². The molecule has 21 heavy (non-hydrogen) atoms. The van der Waals surface area contributed by atoms with Crippen LogP contribution in [0.2, 0.25) is 0 Å². The van der Waals surface area contributed by atoms with Crippen molar-refractivity contribution in [2.45, 2.75) is 19.4 Å². The van der Waals surface area contributed by atoms with E-state index in [1.54, 1.807) is 6.07 Å². The molecule has 0 saturated heterocycles. The zero-order valence-corrected chi connectivity index (χ0v) is 13.4. The minimum atomic E-state index is -0.491. The van der Waals surface area contributed by atoms with Crippen molar-refractivity contribution in [1.82, 2.24) is 5.32 Å². The van der Waals surface area contributed by atoms with Crippen LogP contribution < -0.4 is 10.1 Å². The number of benzene rings is 1. The molecule has 1 N–H and O–H groups in total. The minimum absolute atomic E-state index is 0.0515. The number of nitrogens with zero attached hydrogens (tertiary/aromatic N) is 1. The van der Waals surface area contributed by atoms with Gasteiger partial charge in [-0.1, -0.05) is 6.92 Å². The molecule has 0 spiro atoms. The molecule has 0 radical (unpaired) electrons. The molecule has 0 bridgehead atoms. The lowest BCUT2D eigenvalue weighted by molar-refractivity contribution is -0.385. The Morgan fingerprint density at radius 2 is 2.24 bits per heavy atom. The van der Waals surface area contributed by atoms with Crippen molar-refractivity contribution in [2.24, 2.45) is 0 Å². The second-order valence-corrected chi connectivity index (χ2v) is 5.00. The molecule has 1 rings (SSSR count). The summed E-state index contributed by atoms with van der Waals surface area (Å²) in [5.41, 5.74) is -0.0515. The van der Waals surface area contributed by atoms with Crippen LogP contribution in [0.25, 0.3) is 0 Å². The molecule has 0 amide bonds. The highest BCUT2D eigenvalue weighted by atomic mass is 79.9. The summed E-state index contributed by atoms with van der Waals surface area (Å²) in [7, 11) is 1.32. The third kappa shape index (κ3) is 5.31. The predicted octanol–water partition coefficient (Wildman–Crippen LogP) is 2.28. The monoisotopic (exact) mass is 360 g/mol. The number of nitro groups is 1. The van der Waals surface area contributed by atoms with Gasteiger partial charge in [-0.05, 0) is 28.5 Å².